The van der Waals surface area contributed by atoms with Gasteiger partial charge in [-0.2, -0.15) is 4.31 Å². The average Bonchev–Trinajstić information content (AvgIpc) is 3.12. The van der Waals surface area contributed by atoms with E-state index in [4.69, 9.17) is 4.74 Å². The van der Waals surface area contributed by atoms with E-state index in [0.29, 0.717) is 25.2 Å². The van der Waals surface area contributed by atoms with Crippen LogP contribution < -0.4 is 9.64 Å². The van der Waals surface area contributed by atoms with E-state index in [0.717, 1.165) is 12.0 Å². The summed E-state index contributed by atoms with van der Waals surface area (Å²) in [4.78, 5) is 13.8. The summed E-state index contributed by atoms with van der Waals surface area (Å²) in [5.74, 6) is 0.289. The molecule has 1 amide bonds. The van der Waals surface area contributed by atoms with Crippen LogP contribution in [0.1, 0.15) is 25.3 Å². The van der Waals surface area contributed by atoms with Gasteiger partial charge in [0.2, 0.25) is 15.9 Å². The van der Waals surface area contributed by atoms with Gasteiger partial charge in [-0.15, -0.1) is 0 Å². The number of ether oxygens (including phenoxy) is 1. The number of carbonyl (C=O) groups excluding carboxylic acids is 1. The Morgan fingerprint density at radius 1 is 1.15 bits per heavy atom. The van der Waals surface area contributed by atoms with Crippen molar-refractivity contribution in [2.24, 2.45) is 0 Å². The van der Waals surface area contributed by atoms with E-state index in [2.05, 4.69) is 0 Å². The molecule has 0 radical (unpaired) electrons. The highest BCUT2D eigenvalue weighted by atomic mass is 32.2. The van der Waals surface area contributed by atoms with Crippen LogP contribution in [0.3, 0.4) is 0 Å². The van der Waals surface area contributed by atoms with Crippen molar-refractivity contribution in [3.05, 3.63) is 54.1 Å². The van der Waals surface area contributed by atoms with E-state index in [9.17, 15) is 13.2 Å². The monoisotopic (exact) mass is 388 g/mol. The normalized spacial score (nSPS) is 14.8. The highest BCUT2D eigenvalue weighted by molar-refractivity contribution is 7.89. The lowest BCUT2D eigenvalue weighted by Crippen LogP contribution is -2.31. The van der Waals surface area contributed by atoms with Crippen LogP contribution in [0.15, 0.2) is 53.4 Å². The number of carbonyl (C=O) groups is 1. The summed E-state index contributed by atoms with van der Waals surface area (Å²) in [5.41, 5.74) is 1.50. The van der Waals surface area contributed by atoms with Gasteiger partial charge in [0.1, 0.15) is 10.6 Å². The van der Waals surface area contributed by atoms with E-state index in [1.165, 1.54) is 11.4 Å². The molecule has 1 saturated heterocycles. The molecule has 2 aromatic carbocycles. The number of hydrogen-bond donors (Lipinski definition) is 0. The van der Waals surface area contributed by atoms with Gasteiger partial charge in [-0.3, -0.25) is 4.79 Å². The molecule has 0 bridgehead atoms. The maximum Gasteiger partial charge on any atom is 0.247 e. The molecule has 1 aliphatic rings. The molecule has 2 aromatic rings. The summed E-state index contributed by atoms with van der Waals surface area (Å²) in [7, 11) is -2.34. The van der Waals surface area contributed by atoms with Crippen LogP contribution in [0.5, 0.6) is 5.75 Å². The Morgan fingerprint density at radius 3 is 2.48 bits per heavy atom. The third kappa shape index (κ3) is 3.99. The van der Waals surface area contributed by atoms with Gasteiger partial charge < -0.3 is 9.64 Å². The van der Waals surface area contributed by atoms with Crippen molar-refractivity contribution in [1.82, 2.24) is 4.31 Å². The Bertz CT molecular complexity index is 913. The Balaban J connectivity index is 1.99. The molecule has 0 aliphatic carbocycles. The zero-order valence-corrected chi connectivity index (χ0v) is 16.4. The van der Waals surface area contributed by atoms with Gasteiger partial charge in [0.25, 0.3) is 0 Å². The molecule has 144 valence electrons. The Morgan fingerprint density at radius 2 is 1.89 bits per heavy atom. The van der Waals surface area contributed by atoms with Crippen LogP contribution in [-0.4, -0.2) is 38.8 Å². The third-order valence-electron chi connectivity index (χ3n) is 4.70. The van der Waals surface area contributed by atoms with Crippen molar-refractivity contribution in [2.45, 2.75) is 31.2 Å². The molecule has 27 heavy (non-hydrogen) atoms. The van der Waals surface area contributed by atoms with Crippen molar-refractivity contribution in [2.75, 3.05) is 25.1 Å². The first-order chi connectivity index (χ1) is 13.0. The Labute approximate surface area is 160 Å². The molecule has 0 atom stereocenters. The van der Waals surface area contributed by atoms with Gasteiger partial charge in [-0.1, -0.05) is 37.3 Å². The quantitative estimate of drug-likeness (QED) is 0.731. The molecule has 1 fully saturated rings. The van der Waals surface area contributed by atoms with Crippen LogP contribution in [0.4, 0.5) is 5.69 Å². The summed E-state index contributed by atoms with van der Waals surface area (Å²) in [6, 6.07) is 14.4. The van der Waals surface area contributed by atoms with Crippen molar-refractivity contribution in [1.29, 1.82) is 0 Å². The van der Waals surface area contributed by atoms with E-state index < -0.39 is 10.0 Å². The first-order valence-electron chi connectivity index (χ1n) is 9.00. The maximum atomic E-state index is 13.3. The zero-order valence-electron chi connectivity index (χ0n) is 15.6. The topological polar surface area (TPSA) is 66.9 Å². The van der Waals surface area contributed by atoms with Gasteiger partial charge in [0, 0.05) is 31.7 Å². The largest absolute Gasteiger partial charge is 0.495 e. The number of amides is 1. The highest BCUT2D eigenvalue weighted by Crippen LogP contribution is 2.33. The van der Waals surface area contributed by atoms with Crippen LogP contribution >= 0.6 is 0 Å². The zero-order chi connectivity index (χ0) is 19.4. The van der Waals surface area contributed by atoms with Gasteiger partial charge >= 0.3 is 0 Å². The van der Waals surface area contributed by atoms with Crippen molar-refractivity contribution in [3.63, 3.8) is 0 Å². The Kier molecular flexibility index (Phi) is 5.82. The SMILES string of the molecule is CCN(Cc1ccccc1)S(=O)(=O)c1cc(N2CCCC2=O)ccc1OC. The second kappa shape index (κ2) is 8.10. The second-order valence-corrected chi connectivity index (χ2v) is 8.31. The molecular formula is C20H24N2O4S. The number of nitrogens with zero attached hydrogens (tertiary/aromatic N) is 2. The van der Waals surface area contributed by atoms with Crippen molar-refractivity contribution < 1.29 is 17.9 Å². The minimum atomic E-state index is -3.79. The standard InChI is InChI=1S/C20H24N2O4S/c1-3-21(15-16-8-5-4-6-9-16)27(24,25)19-14-17(11-12-18(19)26-2)22-13-7-10-20(22)23/h4-6,8-9,11-12,14H,3,7,10,13,15H2,1-2H3. The van der Waals surface area contributed by atoms with E-state index in [1.54, 1.807) is 30.0 Å². The molecule has 0 spiro atoms. The van der Waals surface area contributed by atoms with Gasteiger partial charge in [-0.05, 0) is 30.2 Å². The molecule has 0 aromatic heterocycles. The van der Waals surface area contributed by atoms with Crippen molar-refractivity contribution in [3.8, 4) is 5.75 Å². The highest BCUT2D eigenvalue weighted by Gasteiger charge is 2.29. The van der Waals surface area contributed by atoms with Crippen LogP contribution in [0, 0.1) is 0 Å². The lowest BCUT2D eigenvalue weighted by molar-refractivity contribution is -0.117. The van der Waals surface area contributed by atoms with E-state index >= 15 is 0 Å². The molecular weight excluding hydrogens is 364 g/mol. The molecule has 1 heterocycles. The van der Waals surface area contributed by atoms with Crippen LogP contribution in [-0.2, 0) is 21.4 Å². The number of methoxy groups -OCH3 is 1. The summed E-state index contributed by atoms with van der Waals surface area (Å²) in [6.07, 6.45) is 1.27. The summed E-state index contributed by atoms with van der Waals surface area (Å²) >= 11 is 0. The van der Waals surface area contributed by atoms with E-state index in [1.807, 2.05) is 30.3 Å². The molecule has 3 rings (SSSR count). The third-order valence-corrected chi connectivity index (χ3v) is 6.65. The van der Waals surface area contributed by atoms with Gasteiger partial charge in [0.05, 0.1) is 7.11 Å². The fraction of sp³-hybridized carbons (Fsp3) is 0.350. The van der Waals surface area contributed by atoms with E-state index in [-0.39, 0.29) is 23.1 Å². The summed E-state index contributed by atoms with van der Waals surface area (Å²) < 4.78 is 33.4. The average molecular weight is 388 g/mol. The first-order valence-corrected chi connectivity index (χ1v) is 10.4. The van der Waals surface area contributed by atoms with Gasteiger partial charge in [-0.25, -0.2) is 8.42 Å². The summed E-state index contributed by atoms with van der Waals surface area (Å²) in [6.45, 7) is 3.01. The summed E-state index contributed by atoms with van der Waals surface area (Å²) in [5, 5.41) is 0. The smallest absolute Gasteiger partial charge is 0.247 e. The molecule has 6 nitrogen and oxygen atoms in total. The maximum absolute atomic E-state index is 13.3. The molecule has 1 aliphatic heterocycles. The number of hydrogen-bond acceptors (Lipinski definition) is 4. The number of anilines is 1. The van der Waals surface area contributed by atoms with Crippen LogP contribution in [0.2, 0.25) is 0 Å². The number of rotatable bonds is 7. The first kappa shape index (κ1) is 19.4. The number of benzene rings is 2. The fourth-order valence-corrected chi connectivity index (χ4v) is 4.86. The minimum Gasteiger partial charge on any atom is -0.495 e. The molecule has 7 heteroatoms. The lowest BCUT2D eigenvalue weighted by Gasteiger charge is -2.23. The Hall–Kier alpha value is -2.38. The molecule has 0 unspecified atom stereocenters. The molecule has 0 saturated carbocycles. The van der Waals surface area contributed by atoms with Gasteiger partial charge in [0.15, 0.2) is 0 Å². The predicted octanol–water partition coefficient (Wildman–Crippen LogP) is 3.03. The predicted molar refractivity (Wildman–Crippen MR) is 104 cm³/mol. The molecule has 0 N–H and O–H groups in total. The minimum absolute atomic E-state index is 0.0140. The van der Waals surface area contributed by atoms with Crippen LogP contribution in [0.25, 0.3) is 0 Å². The number of sulfonamides is 1. The lowest BCUT2D eigenvalue weighted by atomic mass is 10.2. The van der Waals surface area contributed by atoms with Crippen molar-refractivity contribution >= 4 is 21.6 Å². The fourth-order valence-electron chi connectivity index (χ4n) is 3.25. The second-order valence-electron chi connectivity index (χ2n) is 6.40.